The molecule has 1 unspecified atom stereocenters. The fourth-order valence-corrected chi connectivity index (χ4v) is 2.68. The van der Waals surface area contributed by atoms with Crippen LogP contribution < -0.4 is 5.56 Å². The molecule has 2 aromatic heterocycles. The first kappa shape index (κ1) is 16.9. The first-order valence-corrected chi connectivity index (χ1v) is 8.25. The summed E-state index contributed by atoms with van der Waals surface area (Å²) in [6.45, 7) is 5.81. The highest BCUT2D eigenvalue weighted by atomic mass is 16.5. The minimum Gasteiger partial charge on any atom is -0.454 e. The molecule has 3 rings (SSSR count). The molecule has 1 aromatic carbocycles. The van der Waals surface area contributed by atoms with Crippen LogP contribution in [0.15, 0.2) is 53.6 Å². The van der Waals surface area contributed by atoms with E-state index in [4.69, 9.17) is 4.74 Å². The minimum atomic E-state index is -0.652. The van der Waals surface area contributed by atoms with Crippen LogP contribution in [0.4, 0.5) is 0 Å². The maximum atomic E-state index is 12.6. The number of fused-ring (bicyclic) bond motifs is 1. The van der Waals surface area contributed by atoms with Crippen molar-refractivity contribution in [2.75, 3.05) is 0 Å². The van der Waals surface area contributed by atoms with Crippen molar-refractivity contribution in [3.8, 4) is 0 Å². The zero-order valence-corrected chi connectivity index (χ0v) is 14.5. The summed E-state index contributed by atoms with van der Waals surface area (Å²) >= 11 is 0. The van der Waals surface area contributed by atoms with Gasteiger partial charge in [-0.05, 0) is 37.5 Å². The predicted octanol–water partition coefficient (Wildman–Crippen LogP) is 3.62. The third kappa shape index (κ3) is 3.45. The predicted molar refractivity (Wildman–Crippen MR) is 95.8 cm³/mol. The van der Waals surface area contributed by atoms with Crippen molar-refractivity contribution in [3.63, 3.8) is 0 Å². The van der Waals surface area contributed by atoms with E-state index >= 15 is 0 Å². The molecule has 128 valence electrons. The first-order valence-electron chi connectivity index (χ1n) is 8.25. The third-order valence-electron chi connectivity index (χ3n) is 4.14. The van der Waals surface area contributed by atoms with Crippen molar-refractivity contribution >= 4 is 11.6 Å². The van der Waals surface area contributed by atoms with E-state index in [9.17, 15) is 9.59 Å². The number of pyridine rings is 1. The largest absolute Gasteiger partial charge is 0.454 e. The van der Waals surface area contributed by atoms with Gasteiger partial charge in [0.15, 0.2) is 0 Å². The summed E-state index contributed by atoms with van der Waals surface area (Å²) < 4.78 is 6.95. The number of ether oxygens (including phenoxy) is 1. The van der Waals surface area contributed by atoms with E-state index in [0.717, 1.165) is 16.7 Å². The first-order chi connectivity index (χ1) is 12.0. The van der Waals surface area contributed by atoms with E-state index in [1.54, 1.807) is 12.3 Å². The van der Waals surface area contributed by atoms with Crippen LogP contribution in [0.2, 0.25) is 0 Å². The Morgan fingerprint density at radius 3 is 2.48 bits per heavy atom. The summed E-state index contributed by atoms with van der Waals surface area (Å²) in [6.07, 6.45) is 3.18. The van der Waals surface area contributed by atoms with Gasteiger partial charge in [-0.15, -0.1) is 0 Å². The fourth-order valence-electron chi connectivity index (χ4n) is 2.68. The van der Waals surface area contributed by atoms with E-state index in [2.05, 4.69) is 4.98 Å². The molecule has 0 saturated carbocycles. The van der Waals surface area contributed by atoms with E-state index in [0.29, 0.717) is 12.1 Å². The monoisotopic (exact) mass is 336 g/mol. The molecule has 0 aliphatic rings. The molecular weight excluding hydrogens is 316 g/mol. The molecule has 5 nitrogen and oxygen atoms in total. The molecule has 1 atom stereocenters. The van der Waals surface area contributed by atoms with Gasteiger partial charge in [-0.1, -0.05) is 42.8 Å². The van der Waals surface area contributed by atoms with Crippen LogP contribution in [0.1, 0.15) is 46.5 Å². The Balaban J connectivity index is 1.92. The van der Waals surface area contributed by atoms with E-state index in [-0.39, 0.29) is 5.56 Å². The van der Waals surface area contributed by atoms with Crippen molar-refractivity contribution in [2.24, 2.45) is 0 Å². The summed E-state index contributed by atoms with van der Waals surface area (Å²) in [5.74, 6) is -0.652. The van der Waals surface area contributed by atoms with Crippen LogP contribution in [0.25, 0.3) is 5.65 Å². The van der Waals surface area contributed by atoms with Gasteiger partial charge < -0.3 is 4.74 Å². The number of aryl methyl sites for hydroxylation is 2. The topological polar surface area (TPSA) is 60.7 Å². The molecule has 0 amide bonds. The molecule has 5 heteroatoms. The number of hydrogen-bond donors (Lipinski definition) is 0. The number of carbonyl (C=O) groups excluding carboxylic acids is 1. The fraction of sp³-hybridized carbons (Fsp3) is 0.250. The molecule has 0 bridgehead atoms. The lowest BCUT2D eigenvalue weighted by molar-refractivity contribution is 0.0285. The molecule has 25 heavy (non-hydrogen) atoms. The third-order valence-corrected chi connectivity index (χ3v) is 4.14. The van der Waals surface area contributed by atoms with Gasteiger partial charge >= 0.3 is 5.97 Å². The van der Waals surface area contributed by atoms with Gasteiger partial charge in [0.25, 0.3) is 5.56 Å². The lowest BCUT2D eigenvalue weighted by Gasteiger charge is -2.16. The van der Waals surface area contributed by atoms with Crippen molar-refractivity contribution in [1.82, 2.24) is 9.38 Å². The van der Waals surface area contributed by atoms with Crippen molar-refractivity contribution in [2.45, 2.75) is 33.3 Å². The smallest absolute Gasteiger partial charge is 0.346 e. The van der Waals surface area contributed by atoms with Gasteiger partial charge in [-0.3, -0.25) is 9.20 Å². The van der Waals surface area contributed by atoms with Gasteiger partial charge in [0, 0.05) is 12.4 Å². The molecule has 0 spiro atoms. The molecule has 2 heterocycles. The number of esters is 1. The van der Waals surface area contributed by atoms with Crippen LogP contribution >= 0.6 is 0 Å². The van der Waals surface area contributed by atoms with Crippen LogP contribution in [-0.2, 0) is 4.74 Å². The summed E-state index contributed by atoms with van der Waals surface area (Å²) in [6, 6.07) is 11.4. The average Bonchev–Trinajstić information content (AvgIpc) is 2.61. The van der Waals surface area contributed by atoms with Gasteiger partial charge in [0.2, 0.25) is 0 Å². The molecule has 0 aliphatic carbocycles. The lowest BCUT2D eigenvalue weighted by Crippen LogP contribution is -2.25. The molecule has 0 saturated heterocycles. The number of hydrogen-bond acceptors (Lipinski definition) is 4. The SMILES string of the molecule is CCC(OC(=O)c1cnc2ccc(C)cn2c1=O)c1ccc(C)cc1. The maximum Gasteiger partial charge on any atom is 0.346 e. The zero-order valence-electron chi connectivity index (χ0n) is 14.5. The zero-order chi connectivity index (χ0) is 18.0. The van der Waals surface area contributed by atoms with E-state index in [1.165, 1.54) is 10.6 Å². The number of rotatable bonds is 4. The van der Waals surface area contributed by atoms with Crippen LogP contribution in [0.5, 0.6) is 0 Å². The van der Waals surface area contributed by atoms with Crippen molar-refractivity contribution < 1.29 is 9.53 Å². The Labute approximate surface area is 145 Å². The molecule has 0 radical (unpaired) electrons. The van der Waals surface area contributed by atoms with Crippen LogP contribution in [0, 0.1) is 13.8 Å². The summed E-state index contributed by atoms with van der Waals surface area (Å²) in [5, 5.41) is 0. The summed E-state index contributed by atoms with van der Waals surface area (Å²) in [4.78, 5) is 29.3. The summed E-state index contributed by atoms with van der Waals surface area (Å²) in [7, 11) is 0. The normalized spacial score (nSPS) is 12.1. The highest BCUT2D eigenvalue weighted by Crippen LogP contribution is 2.22. The van der Waals surface area contributed by atoms with E-state index < -0.39 is 17.6 Å². The Morgan fingerprint density at radius 2 is 1.80 bits per heavy atom. The maximum absolute atomic E-state index is 12.6. The van der Waals surface area contributed by atoms with E-state index in [1.807, 2.05) is 51.1 Å². The quantitative estimate of drug-likeness (QED) is 0.683. The molecule has 0 aliphatic heterocycles. The molecule has 0 fully saturated rings. The number of benzene rings is 1. The number of aromatic nitrogens is 2. The van der Waals surface area contributed by atoms with Gasteiger partial charge in [-0.25, -0.2) is 9.78 Å². The van der Waals surface area contributed by atoms with Crippen molar-refractivity contribution in [1.29, 1.82) is 0 Å². The Hall–Kier alpha value is -2.95. The van der Waals surface area contributed by atoms with Gasteiger partial charge in [0.1, 0.15) is 17.3 Å². The lowest BCUT2D eigenvalue weighted by atomic mass is 10.1. The average molecular weight is 336 g/mol. The number of nitrogens with zero attached hydrogens (tertiary/aromatic N) is 2. The highest BCUT2D eigenvalue weighted by Gasteiger charge is 2.20. The van der Waals surface area contributed by atoms with Gasteiger partial charge in [-0.2, -0.15) is 0 Å². The Morgan fingerprint density at radius 1 is 1.12 bits per heavy atom. The van der Waals surface area contributed by atoms with Crippen molar-refractivity contribution in [3.05, 3.63) is 81.4 Å². The number of carbonyl (C=O) groups is 1. The highest BCUT2D eigenvalue weighted by molar-refractivity contribution is 5.89. The van der Waals surface area contributed by atoms with Crippen LogP contribution in [0.3, 0.4) is 0 Å². The Bertz CT molecular complexity index is 974. The van der Waals surface area contributed by atoms with Gasteiger partial charge in [0.05, 0.1) is 0 Å². The van der Waals surface area contributed by atoms with Crippen LogP contribution in [-0.4, -0.2) is 15.4 Å². The Kier molecular flexibility index (Phi) is 4.65. The second-order valence-electron chi connectivity index (χ2n) is 6.12. The minimum absolute atomic E-state index is 0.0614. The molecule has 0 N–H and O–H groups in total. The second kappa shape index (κ2) is 6.89. The molecular formula is C20H20N2O3. The standard InChI is InChI=1S/C20H20N2O3/c1-4-17(15-8-5-13(2)6-9-15)25-20(24)16-11-21-18-10-7-14(3)12-22(18)19(16)23/h5-12,17H,4H2,1-3H3. The second-order valence-corrected chi connectivity index (χ2v) is 6.12. The molecule has 3 aromatic rings. The summed E-state index contributed by atoms with van der Waals surface area (Å²) in [5.41, 5.74) is 2.97.